The second-order valence-corrected chi connectivity index (χ2v) is 13.0. The van der Waals surface area contributed by atoms with Crippen LogP contribution in [0.5, 0.6) is 0 Å². The standard InChI is InChI=1S/C28H31Br2N3O4S/c1-20(2)31-28(35)26(16-21-9-5-4-6-10-21)32(18-22-11-7-12-23(29)15-22)27(34)19-33(38(3,36)37)25-14-8-13-24(30)17-25/h4-15,17,20,26H,16,18-19H2,1-3H3,(H,31,35). The van der Waals surface area contributed by atoms with Gasteiger partial charge >= 0.3 is 0 Å². The third kappa shape index (κ3) is 8.68. The molecule has 0 spiro atoms. The number of nitrogens with one attached hydrogen (secondary N) is 1. The van der Waals surface area contributed by atoms with Gasteiger partial charge < -0.3 is 10.2 Å². The van der Waals surface area contributed by atoms with Crippen molar-refractivity contribution < 1.29 is 18.0 Å². The molecule has 1 atom stereocenters. The molecule has 0 fully saturated rings. The Bertz CT molecular complexity index is 1370. The van der Waals surface area contributed by atoms with Gasteiger partial charge in [0, 0.05) is 28.0 Å². The van der Waals surface area contributed by atoms with Crippen LogP contribution in [0.2, 0.25) is 0 Å². The molecule has 3 aromatic rings. The first-order valence-corrected chi connectivity index (χ1v) is 15.5. The van der Waals surface area contributed by atoms with E-state index in [1.54, 1.807) is 24.3 Å². The summed E-state index contributed by atoms with van der Waals surface area (Å²) in [6, 6.07) is 22.7. The number of benzene rings is 3. The number of hydrogen-bond acceptors (Lipinski definition) is 4. The zero-order valence-electron chi connectivity index (χ0n) is 21.5. The zero-order valence-corrected chi connectivity index (χ0v) is 25.5. The van der Waals surface area contributed by atoms with Crippen LogP contribution in [0.15, 0.2) is 87.8 Å². The number of rotatable bonds is 11. The van der Waals surface area contributed by atoms with E-state index in [0.29, 0.717) is 10.2 Å². The Labute approximate surface area is 241 Å². The first-order chi connectivity index (χ1) is 17.9. The van der Waals surface area contributed by atoms with Gasteiger partial charge in [0.2, 0.25) is 21.8 Å². The maximum Gasteiger partial charge on any atom is 0.244 e. The van der Waals surface area contributed by atoms with Gasteiger partial charge in [-0.3, -0.25) is 13.9 Å². The summed E-state index contributed by atoms with van der Waals surface area (Å²) in [5.41, 5.74) is 2.04. The van der Waals surface area contributed by atoms with Crippen LogP contribution in [0.4, 0.5) is 5.69 Å². The van der Waals surface area contributed by atoms with E-state index in [1.807, 2.05) is 68.4 Å². The normalized spacial score (nSPS) is 12.2. The Balaban J connectivity index is 2.06. The third-order valence-electron chi connectivity index (χ3n) is 5.72. The van der Waals surface area contributed by atoms with Crippen LogP contribution in [0.1, 0.15) is 25.0 Å². The first kappa shape index (κ1) is 29.9. The van der Waals surface area contributed by atoms with Gasteiger partial charge in [-0.1, -0.05) is 80.4 Å². The van der Waals surface area contributed by atoms with Gasteiger partial charge in [-0.25, -0.2) is 8.42 Å². The molecule has 0 bridgehead atoms. The minimum atomic E-state index is -3.81. The SMILES string of the molecule is CC(C)NC(=O)C(Cc1ccccc1)N(Cc1cccc(Br)c1)C(=O)CN(c1cccc(Br)c1)S(C)(=O)=O. The molecule has 0 aliphatic rings. The number of anilines is 1. The smallest absolute Gasteiger partial charge is 0.244 e. The predicted octanol–water partition coefficient (Wildman–Crippen LogP) is 5.14. The molecule has 0 aromatic heterocycles. The number of carbonyl (C=O) groups is 2. The van der Waals surface area contributed by atoms with Crippen molar-refractivity contribution in [3.05, 3.63) is 98.9 Å². The summed E-state index contributed by atoms with van der Waals surface area (Å²) >= 11 is 6.84. The molecular formula is C28H31Br2N3O4S. The summed E-state index contributed by atoms with van der Waals surface area (Å²) in [7, 11) is -3.81. The highest BCUT2D eigenvalue weighted by Crippen LogP contribution is 2.24. The summed E-state index contributed by atoms with van der Waals surface area (Å²) in [6.07, 6.45) is 1.33. The van der Waals surface area contributed by atoms with E-state index in [0.717, 1.165) is 26.2 Å². The van der Waals surface area contributed by atoms with E-state index >= 15 is 0 Å². The van der Waals surface area contributed by atoms with Crippen molar-refractivity contribution in [2.45, 2.75) is 38.9 Å². The van der Waals surface area contributed by atoms with Gasteiger partial charge in [0.05, 0.1) is 11.9 Å². The Morgan fingerprint density at radius 2 is 1.47 bits per heavy atom. The van der Waals surface area contributed by atoms with Crippen LogP contribution in [-0.2, 0) is 32.6 Å². The van der Waals surface area contributed by atoms with E-state index in [1.165, 1.54) is 4.90 Å². The lowest BCUT2D eigenvalue weighted by atomic mass is 10.0. The fourth-order valence-electron chi connectivity index (χ4n) is 4.01. The number of sulfonamides is 1. The first-order valence-electron chi connectivity index (χ1n) is 12.1. The number of nitrogens with zero attached hydrogens (tertiary/aromatic N) is 2. The highest BCUT2D eigenvalue weighted by Gasteiger charge is 2.33. The van der Waals surface area contributed by atoms with Gasteiger partial charge in [0.25, 0.3) is 0 Å². The Hall–Kier alpha value is -2.69. The molecular weight excluding hydrogens is 634 g/mol. The molecule has 0 heterocycles. The van der Waals surface area contributed by atoms with Crippen molar-refractivity contribution >= 4 is 59.4 Å². The van der Waals surface area contributed by atoms with Crippen molar-refractivity contribution in [2.75, 3.05) is 17.1 Å². The predicted molar refractivity (Wildman–Crippen MR) is 158 cm³/mol. The molecule has 0 saturated carbocycles. The van der Waals surface area contributed by atoms with Crippen LogP contribution in [-0.4, -0.2) is 50.0 Å². The quantitative estimate of drug-likeness (QED) is 0.308. The molecule has 1 N–H and O–H groups in total. The van der Waals surface area contributed by atoms with Crippen LogP contribution in [0.3, 0.4) is 0 Å². The van der Waals surface area contributed by atoms with Gasteiger partial charge in [-0.05, 0) is 55.3 Å². The maximum atomic E-state index is 14.0. The van der Waals surface area contributed by atoms with Crippen LogP contribution in [0, 0.1) is 0 Å². The minimum absolute atomic E-state index is 0.122. The highest BCUT2D eigenvalue weighted by atomic mass is 79.9. The van der Waals surface area contributed by atoms with Crippen molar-refractivity contribution in [2.24, 2.45) is 0 Å². The summed E-state index contributed by atoms with van der Waals surface area (Å²) in [5, 5.41) is 2.94. The summed E-state index contributed by atoms with van der Waals surface area (Å²) in [6.45, 7) is 3.38. The molecule has 2 amide bonds. The molecule has 38 heavy (non-hydrogen) atoms. The van der Waals surface area contributed by atoms with Gasteiger partial charge in [-0.15, -0.1) is 0 Å². The monoisotopic (exact) mass is 663 g/mol. The molecule has 0 aliphatic carbocycles. The Kier molecular flexibility index (Phi) is 10.5. The van der Waals surface area contributed by atoms with Crippen molar-refractivity contribution in [1.29, 1.82) is 0 Å². The number of halogens is 2. The molecule has 7 nitrogen and oxygen atoms in total. The number of carbonyl (C=O) groups excluding carboxylic acids is 2. The zero-order chi connectivity index (χ0) is 27.9. The van der Waals surface area contributed by atoms with Gasteiger partial charge in [0.1, 0.15) is 12.6 Å². The van der Waals surface area contributed by atoms with E-state index < -0.39 is 28.5 Å². The topological polar surface area (TPSA) is 86.8 Å². The van der Waals surface area contributed by atoms with Gasteiger partial charge in [-0.2, -0.15) is 0 Å². The summed E-state index contributed by atoms with van der Waals surface area (Å²) < 4.78 is 28.2. The van der Waals surface area contributed by atoms with E-state index in [-0.39, 0.29) is 24.9 Å². The van der Waals surface area contributed by atoms with Crippen molar-refractivity contribution in [3.63, 3.8) is 0 Å². The molecule has 10 heteroatoms. The molecule has 3 rings (SSSR count). The Morgan fingerprint density at radius 1 is 0.868 bits per heavy atom. The minimum Gasteiger partial charge on any atom is -0.352 e. The molecule has 3 aromatic carbocycles. The van der Waals surface area contributed by atoms with Crippen LogP contribution < -0.4 is 9.62 Å². The molecule has 0 aliphatic heterocycles. The van der Waals surface area contributed by atoms with Crippen LogP contribution >= 0.6 is 31.9 Å². The highest BCUT2D eigenvalue weighted by molar-refractivity contribution is 9.10. The number of hydrogen-bond donors (Lipinski definition) is 1. The second kappa shape index (κ2) is 13.4. The molecule has 0 saturated heterocycles. The fourth-order valence-corrected chi connectivity index (χ4v) is 5.69. The van der Waals surface area contributed by atoms with Gasteiger partial charge in [0.15, 0.2) is 0 Å². The summed E-state index contributed by atoms with van der Waals surface area (Å²) in [5.74, 6) is -0.796. The lowest BCUT2D eigenvalue weighted by molar-refractivity contribution is -0.140. The molecule has 1 unspecified atom stereocenters. The largest absolute Gasteiger partial charge is 0.352 e. The van der Waals surface area contributed by atoms with E-state index in [9.17, 15) is 18.0 Å². The van der Waals surface area contributed by atoms with Crippen LogP contribution in [0.25, 0.3) is 0 Å². The average molecular weight is 665 g/mol. The summed E-state index contributed by atoms with van der Waals surface area (Å²) in [4.78, 5) is 29.0. The lowest BCUT2D eigenvalue weighted by Gasteiger charge is -2.34. The molecule has 0 radical (unpaired) electrons. The maximum absolute atomic E-state index is 14.0. The third-order valence-corrected chi connectivity index (χ3v) is 7.85. The number of amides is 2. The van der Waals surface area contributed by atoms with Crippen molar-refractivity contribution in [3.8, 4) is 0 Å². The van der Waals surface area contributed by atoms with Crippen molar-refractivity contribution in [1.82, 2.24) is 10.2 Å². The van der Waals surface area contributed by atoms with E-state index in [4.69, 9.17) is 0 Å². The second-order valence-electron chi connectivity index (χ2n) is 9.27. The molecule has 202 valence electrons. The average Bonchev–Trinajstić information content (AvgIpc) is 2.84. The van der Waals surface area contributed by atoms with E-state index in [2.05, 4.69) is 37.2 Å². The fraction of sp³-hybridized carbons (Fsp3) is 0.286. The Morgan fingerprint density at radius 3 is 2.05 bits per heavy atom. The lowest BCUT2D eigenvalue weighted by Crippen LogP contribution is -2.54.